The standard InChI is InChI=1S/C26H19FN8OS/c1-26(2,3)25(36)35-13-8-12(9-28-10-13)20-19(27)18-15(11-30-20)33-34-23(18)24-31-14-6-7-29-22(21(14)32-24)16-4-5-17(35)37-16/h4-11H,1-3H3,(H,31,32)(H,33,34). The lowest BCUT2D eigenvalue weighted by molar-refractivity contribution is 0.0778. The van der Waals surface area contributed by atoms with E-state index >= 15 is 4.39 Å². The van der Waals surface area contributed by atoms with Gasteiger partial charge in [-0.1, -0.05) is 20.8 Å². The van der Waals surface area contributed by atoms with Crippen LogP contribution in [-0.4, -0.2) is 45.6 Å². The number of aromatic nitrogens is 8. The number of rotatable bonds is 0. The molecule has 0 radical (unpaired) electrons. The number of imidazole rings is 1. The highest BCUT2D eigenvalue weighted by Crippen LogP contribution is 2.31. The van der Waals surface area contributed by atoms with Crippen LogP contribution in [-0.2, 0) is 0 Å². The van der Waals surface area contributed by atoms with Crippen molar-refractivity contribution in [2.24, 2.45) is 5.41 Å². The summed E-state index contributed by atoms with van der Waals surface area (Å²) in [7, 11) is 0. The van der Waals surface area contributed by atoms with Gasteiger partial charge in [0.1, 0.15) is 26.9 Å². The topological polar surface area (TPSA) is 118 Å². The first-order valence-electron chi connectivity index (χ1n) is 11.6. The maximum atomic E-state index is 16.1. The van der Waals surface area contributed by atoms with Crippen LogP contribution >= 0.6 is 11.3 Å². The molecule has 2 N–H and O–H groups in total. The van der Waals surface area contributed by atoms with Crippen LogP contribution in [0, 0.1) is 11.2 Å². The van der Waals surface area contributed by atoms with Crippen molar-refractivity contribution in [1.82, 2.24) is 39.7 Å². The average molecular weight is 511 g/mol. The summed E-state index contributed by atoms with van der Waals surface area (Å²) in [5.41, 5.74) is 3.15. The molecular formula is C26H19FN8OS. The Bertz CT molecular complexity index is 2130. The van der Waals surface area contributed by atoms with E-state index in [9.17, 15) is 4.79 Å². The number of carbonyl (C=O) groups is 1. The number of nitrogens with one attached hydrogen (secondary N) is 2. The predicted molar refractivity (Wildman–Crippen MR) is 143 cm³/mol. The minimum Gasteiger partial charge on any atom is -0.336 e. The summed E-state index contributed by atoms with van der Waals surface area (Å²) in [4.78, 5) is 35.8. The summed E-state index contributed by atoms with van der Waals surface area (Å²) in [6.07, 6.45) is 6.37. The minimum absolute atomic E-state index is 0.105. The summed E-state index contributed by atoms with van der Waals surface area (Å²) in [5, 5.41) is 7.91. The SMILES string of the molecule is CC(C)(C)C(=O)n1c2cncc(c2)c2ncc3[nH]nc(c4nc5c(ccnc5c5ccc1s5)[nH]4)c3c2F. The van der Waals surface area contributed by atoms with E-state index < -0.39 is 11.2 Å². The van der Waals surface area contributed by atoms with Crippen molar-refractivity contribution in [3.8, 4) is 0 Å². The number of halogens is 1. The molecule has 37 heavy (non-hydrogen) atoms. The van der Waals surface area contributed by atoms with Gasteiger partial charge in [0.15, 0.2) is 11.5 Å². The molecule has 0 spiro atoms. The molecule has 11 heteroatoms. The van der Waals surface area contributed by atoms with E-state index in [1.54, 1.807) is 23.0 Å². The van der Waals surface area contributed by atoms with Gasteiger partial charge in [0.2, 0.25) is 5.91 Å². The minimum atomic E-state index is -0.688. The van der Waals surface area contributed by atoms with E-state index in [1.165, 1.54) is 23.7 Å². The summed E-state index contributed by atoms with van der Waals surface area (Å²) in [6.45, 7) is 5.58. The molecule has 0 aromatic carbocycles. The predicted octanol–water partition coefficient (Wildman–Crippen LogP) is 6.05. The highest BCUT2D eigenvalue weighted by atomic mass is 32.1. The van der Waals surface area contributed by atoms with Gasteiger partial charge in [0, 0.05) is 23.2 Å². The molecule has 0 saturated heterocycles. The molecule has 0 aliphatic rings. The van der Waals surface area contributed by atoms with Crippen molar-refractivity contribution in [3.63, 3.8) is 0 Å². The Morgan fingerprint density at radius 3 is 2.70 bits per heavy atom. The van der Waals surface area contributed by atoms with Crippen molar-refractivity contribution in [1.29, 1.82) is 0 Å². The van der Waals surface area contributed by atoms with Gasteiger partial charge < -0.3 is 4.98 Å². The van der Waals surface area contributed by atoms with Crippen LogP contribution in [0.3, 0.4) is 0 Å². The van der Waals surface area contributed by atoms with Gasteiger partial charge in [-0.15, -0.1) is 11.3 Å². The second-order valence-electron chi connectivity index (χ2n) is 9.88. The Morgan fingerprint density at radius 2 is 1.86 bits per heavy atom. The van der Waals surface area contributed by atoms with Gasteiger partial charge in [-0.2, -0.15) is 5.10 Å². The Morgan fingerprint density at radius 1 is 1.00 bits per heavy atom. The van der Waals surface area contributed by atoms with Crippen molar-refractivity contribution >= 4 is 81.8 Å². The number of fused-ring (bicyclic) bond motifs is 9. The summed E-state index contributed by atoms with van der Waals surface area (Å²) >= 11 is 1.42. The monoisotopic (exact) mass is 510 g/mol. The third kappa shape index (κ3) is 3.20. The van der Waals surface area contributed by atoms with Crippen LogP contribution < -0.4 is 0 Å². The van der Waals surface area contributed by atoms with E-state index in [4.69, 9.17) is 4.98 Å². The summed E-state index contributed by atoms with van der Waals surface area (Å²) < 4.78 is 18.5. The van der Waals surface area contributed by atoms with Crippen LogP contribution in [0.25, 0.3) is 64.6 Å². The molecule has 0 saturated carbocycles. The molecule has 0 aliphatic carbocycles. The molecule has 0 unspecified atom stereocenters. The summed E-state index contributed by atoms with van der Waals surface area (Å²) in [6, 6.07) is 7.36. The molecule has 0 aliphatic heterocycles. The average Bonchev–Trinajstić information content (AvgIpc) is 3.61. The second-order valence-corrected chi connectivity index (χ2v) is 10.9. The summed E-state index contributed by atoms with van der Waals surface area (Å²) in [5.74, 6) is -0.682. The van der Waals surface area contributed by atoms with Crippen molar-refractivity contribution in [3.05, 3.63) is 54.9 Å². The Hall–Kier alpha value is -4.51. The highest BCUT2D eigenvalue weighted by Gasteiger charge is 2.25. The zero-order valence-corrected chi connectivity index (χ0v) is 20.8. The number of pyridine rings is 3. The Labute approximate surface area is 211 Å². The molecule has 7 rings (SSSR count). The maximum absolute atomic E-state index is 16.1. The van der Waals surface area contributed by atoms with Crippen LogP contribution in [0.15, 0.2) is 49.1 Å². The lowest BCUT2D eigenvalue weighted by Crippen LogP contribution is -2.26. The van der Waals surface area contributed by atoms with E-state index in [0.717, 1.165) is 10.2 Å². The first kappa shape index (κ1) is 21.7. The smallest absolute Gasteiger partial charge is 0.237 e. The number of hydrogen-bond acceptors (Lipinski definition) is 7. The van der Waals surface area contributed by atoms with E-state index in [-0.39, 0.29) is 16.8 Å². The number of H-pyrrole nitrogens is 2. The van der Waals surface area contributed by atoms with E-state index in [1.807, 2.05) is 39.0 Å². The molecule has 7 aromatic rings. The van der Waals surface area contributed by atoms with Gasteiger partial charge in [-0.25, -0.2) is 9.37 Å². The Balaban J connectivity index is 1.80. The van der Waals surface area contributed by atoms with Crippen LogP contribution in [0.2, 0.25) is 0 Å². The highest BCUT2D eigenvalue weighted by molar-refractivity contribution is 7.24. The molecular weight excluding hydrogens is 491 g/mol. The number of carbonyl (C=O) groups excluding carboxylic acids is 1. The number of nitrogens with zero attached hydrogens (tertiary/aromatic N) is 6. The molecule has 7 aromatic heterocycles. The van der Waals surface area contributed by atoms with Gasteiger partial charge in [0.25, 0.3) is 0 Å². The number of aromatic amines is 2. The largest absolute Gasteiger partial charge is 0.336 e. The molecule has 9 nitrogen and oxygen atoms in total. The molecule has 8 bridgehead atoms. The lowest BCUT2D eigenvalue weighted by Gasteiger charge is -2.19. The molecule has 0 fully saturated rings. The van der Waals surface area contributed by atoms with Crippen molar-refractivity contribution in [2.45, 2.75) is 20.8 Å². The van der Waals surface area contributed by atoms with Gasteiger partial charge in [-0.3, -0.25) is 29.4 Å². The van der Waals surface area contributed by atoms with Crippen LogP contribution in [0.4, 0.5) is 4.39 Å². The molecule has 7 heterocycles. The zero-order chi connectivity index (χ0) is 25.5. The van der Waals surface area contributed by atoms with Crippen molar-refractivity contribution < 1.29 is 9.18 Å². The van der Waals surface area contributed by atoms with Crippen molar-refractivity contribution in [2.75, 3.05) is 0 Å². The lowest BCUT2D eigenvalue weighted by atomic mass is 9.95. The fourth-order valence-corrected chi connectivity index (χ4v) is 5.53. The first-order valence-corrected chi connectivity index (χ1v) is 12.4. The van der Waals surface area contributed by atoms with Crippen LogP contribution in [0.5, 0.6) is 0 Å². The fourth-order valence-electron chi connectivity index (χ4n) is 4.51. The maximum Gasteiger partial charge on any atom is 0.237 e. The second kappa shape index (κ2) is 7.50. The van der Waals surface area contributed by atoms with Gasteiger partial charge >= 0.3 is 0 Å². The molecule has 0 atom stereocenters. The molecule has 182 valence electrons. The first-order chi connectivity index (χ1) is 17.8. The zero-order valence-electron chi connectivity index (χ0n) is 20.0. The van der Waals surface area contributed by atoms with Gasteiger partial charge in [-0.05, 0) is 24.3 Å². The van der Waals surface area contributed by atoms with Gasteiger partial charge in [0.05, 0.1) is 39.0 Å². The quantitative estimate of drug-likeness (QED) is 0.256. The van der Waals surface area contributed by atoms with E-state index in [0.29, 0.717) is 43.4 Å². The third-order valence-corrected chi connectivity index (χ3v) is 7.39. The number of hydrogen-bond donors (Lipinski definition) is 2. The third-order valence-electron chi connectivity index (χ3n) is 6.32. The molecule has 0 amide bonds. The number of thiophene rings is 1. The normalized spacial score (nSPS) is 12.4. The van der Waals surface area contributed by atoms with Crippen LogP contribution in [0.1, 0.15) is 25.6 Å². The fraction of sp³-hybridized carbons (Fsp3) is 0.154. The van der Waals surface area contributed by atoms with E-state index in [2.05, 4.69) is 30.1 Å². The Kier molecular flexibility index (Phi) is 4.41.